The number of aromatic nitrogens is 3. The molecule has 2 fully saturated rings. The van der Waals surface area contributed by atoms with Gasteiger partial charge in [-0.1, -0.05) is 18.2 Å². The highest BCUT2D eigenvalue weighted by Crippen LogP contribution is 2.41. The Morgan fingerprint density at radius 1 is 1.16 bits per heavy atom. The molecule has 7 heteroatoms. The molecule has 0 amide bonds. The number of aliphatic hydroxyl groups excluding tert-OH is 1. The zero-order chi connectivity index (χ0) is 21.4. The maximum Gasteiger partial charge on any atom is 0.255 e. The summed E-state index contributed by atoms with van der Waals surface area (Å²) in [4.78, 5) is 17.5. The number of nitrogens with zero attached hydrogens (tertiary/aromatic N) is 5. The summed E-state index contributed by atoms with van der Waals surface area (Å²) >= 11 is 0. The molecule has 1 aromatic carbocycles. The number of rotatable bonds is 3. The Hall–Kier alpha value is -2.77. The number of fused-ring (bicyclic) bond motifs is 1. The van der Waals surface area contributed by atoms with Crippen molar-refractivity contribution in [3.63, 3.8) is 0 Å². The van der Waals surface area contributed by atoms with Gasteiger partial charge in [0.2, 0.25) is 0 Å². The first kappa shape index (κ1) is 20.2. The van der Waals surface area contributed by atoms with Gasteiger partial charge in [-0.3, -0.25) is 9.69 Å². The first-order chi connectivity index (χ1) is 15.0. The second-order valence-electron chi connectivity index (χ2n) is 9.19. The molecule has 1 spiro atoms. The molecule has 2 aliphatic heterocycles. The number of aryl methyl sites for hydroxylation is 1. The number of aliphatic hydroxyl groups is 1. The average Bonchev–Trinajstić information content (AvgIpc) is 2.78. The molecule has 5 rings (SSSR count). The molecule has 1 N–H and O–H groups in total. The van der Waals surface area contributed by atoms with Crippen LogP contribution < -0.4 is 10.5 Å². The molecule has 1 unspecified atom stereocenters. The Labute approximate surface area is 181 Å². The molecule has 1 atom stereocenters. The number of benzene rings is 1. The highest BCUT2D eigenvalue weighted by atomic mass is 16.3. The highest BCUT2D eigenvalue weighted by Gasteiger charge is 2.41. The van der Waals surface area contributed by atoms with Crippen molar-refractivity contribution in [1.29, 1.82) is 0 Å². The molecule has 2 aromatic heterocycles. The first-order valence-electron chi connectivity index (χ1n) is 11.0. The van der Waals surface area contributed by atoms with Crippen molar-refractivity contribution in [2.45, 2.75) is 31.9 Å². The molecule has 0 bridgehead atoms. The van der Waals surface area contributed by atoms with Crippen LogP contribution in [-0.4, -0.2) is 57.1 Å². The van der Waals surface area contributed by atoms with Crippen LogP contribution in [0.15, 0.2) is 53.5 Å². The van der Waals surface area contributed by atoms with Gasteiger partial charge in [0.15, 0.2) is 5.82 Å². The summed E-state index contributed by atoms with van der Waals surface area (Å²) in [6.45, 7) is 3.93. The lowest BCUT2D eigenvalue weighted by molar-refractivity contribution is -0.0253. The fourth-order valence-electron chi connectivity index (χ4n) is 5.46. The number of likely N-dealkylation sites (tertiary alicyclic amines) is 1. The van der Waals surface area contributed by atoms with Crippen LogP contribution in [0, 0.1) is 5.41 Å². The van der Waals surface area contributed by atoms with Gasteiger partial charge in [-0.25, -0.2) is 0 Å². The molecule has 4 heterocycles. The highest BCUT2D eigenvalue weighted by molar-refractivity contribution is 5.79. The molecule has 31 heavy (non-hydrogen) atoms. The van der Waals surface area contributed by atoms with Crippen molar-refractivity contribution in [2.24, 2.45) is 12.5 Å². The van der Waals surface area contributed by atoms with Gasteiger partial charge in [0, 0.05) is 51.5 Å². The topological polar surface area (TPSA) is 74.5 Å². The molecule has 0 saturated carbocycles. The minimum Gasteiger partial charge on any atom is -0.392 e. The molecule has 0 radical (unpaired) electrons. The maximum absolute atomic E-state index is 13.0. The van der Waals surface area contributed by atoms with E-state index in [-0.39, 0.29) is 17.1 Å². The number of anilines is 1. The van der Waals surface area contributed by atoms with E-state index in [0.717, 1.165) is 61.2 Å². The summed E-state index contributed by atoms with van der Waals surface area (Å²) in [6.07, 6.45) is 4.18. The normalized spacial score (nSPS) is 21.6. The third kappa shape index (κ3) is 3.95. The number of piperidine rings is 2. The lowest BCUT2D eigenvalue weighted by Crippen LogP contribution is -2.54. The number of β-amino-alcohol motifs (C(OH)–C–C–N with tert-alkyl or cyclic N) is 1. The SMILES string of the molecule is Cn1c(=O)c(CN2CC(O)CC3(CCN(c4cccnn4)CC3)C2)cc2ccccc21. The largest absolute Gasteiger partial charge is 0.392 e. The second kappa shape index (κ2) is 8.05. The van der Waals surface area contributed by atoms with Crippen molar-refractivity contribution in [3.8, 4) is 0 Å². The van der Waals surface area contributed by atoms with Crippen LogP contribution in [0.5, 0.6) is 0 Å². The summed E-state index contributed by atoms with van der Waals surface area (Å²) in [5.41, 5.74) is 1.87. The van der Waals surface area contributed by atoms with E-state index < -0.39 is 0 Å². The summed E-state index contributed by atoms with van der Waals surface area (Å²) in [5.74, 6) is 0.922. The minimum atomic E-state index is -0.360. The summed E-state index contributed by atoms with van der Waals surface area (Å²) in [7, 11) is 1.84. The predicted molar refractivity (Wildman–Crippen MR) is 121 cm³/mol. The van der Waals surface area contributed by atoms with Crippen LogP contribution in [0.2, 0.25) is 0 Å². The van der Waals surface area contributed by atoms with Gasteiger partial charge >= 0.3 is 0 Å². The first-order valence-corrected chi connectivity index (χ1v) is 11.0. The number of pyridine rings is 1. The van der Waals surface area contributed by atoms with Gasteiger partial charge in [-0.05, 0) is 54.3 Å². The molecule has 7 nitrogen and oxygen atoms in total. The molecule has 2 saturated heterocycles. The van der Waals surface area contributed by atoms with Crippen molar-refractivity contribution in [3.05, 3.63) is 64.6 Å². The summed E-state index contributed by atoms with van der Waals surface area (Å²) in [5, 5.41) is 20.0. The van der Waals surface area contributed by atoms with Gasteiger partial charge < -0.3 is 14.6 Å². The number of hydrogen-bond acceptors (Lipinski definition) is 6. The van der Waals surface area contributed by atoms with E-state index in [1.54, 1.807) is 10.8 Å². The molecular formula is C24H29N5O2. The van der Waals surface area contributed by atoms with Crippen LogP contribution in [0.25, 0.3) is 10.9 Å². The van der Waals surface area contributed by atoms with Gasteiger partial charge in [-0.2, -0.15) is 5.10 Å². The van der Waals surface area contributed by atoms with Gasteiger partial charge in [0.25, 0.3) is 5.56 Å². The number of hydrogen-bond donors (Lipinski definition) is 1. The Morgan fingerprint density at radius 3 is 2.74 bits per heavy atom. The smallest absolute Gasteiger partial charge is 0.255 e. The average molecular weight is 420 g/mol. The van der Waals surface area contributed by atoms with Crippen molar-refractivity contribution < 1.29 is 5.11 Å². The third-order valence-electron chi connectivity index (χ3n) is 7.00. The van der Waals surface area contributed by atoms with Crippen molar-refractivity contribution in [1.82, 2.24) is 19.7 Å². The summed E-state index contributed by atoms with van der Waals surface area (Å²) < 4.78 is 1.74. The van der Waals surface area contributed by atoms with E-state index in [1.807, 2.05) is 49.5 Å². The zero-order valence-corrected chi connectivity index (χ0v) is 17.9. The molecule has 2 aliphatic rings. The lowest BCUT2D eigenvalue weighted by atomic mass is 9.71. The molecule has 3 aromatic rings. The fraction of sp³-hybridized carbons (Fsp3) is 0.458. The van der Waals surface area contributed by atoms with Gasteiger partial charge in [0.1, 0.15) is 0 Å². The lowest BCUT2D eigenvalue weighted by Gasteiger charge is -2.49. The van der Waals surface area contributed by atoms with E-state index in [4.69, 9.17) is 0 Å². The molecular weight excluding hydrogens is 390 g/mol. The van der Waals surface area contributed by atoms with Gasteiger partial charge in [0.05, 0.1) is 11.6 Å². The third-order valence-corrected chi connectivity index (χ3v) is 7.00. The van der Waals surface area contributed by atoms with E-state index in [0.29, 0.717) is 13.1 Å². The van der Waals surface area contributed by atoms with E-state index in [9.17, 15) is 9.90 Å². The van der Waals surface area contributed by atoms with Crippen LogP contribution in [0.1, 0.15) is 24.8 Å². The Bertz CT molecular complexity index is 1120. The minimum absolute atomic E-state index is 0.0466. The zero-order valence-electron chi connectivity index (χ0n) is 17.9. The van der Waals surface area contributed by atoms with Crippen LogP contribution >= 0.6 is 0 Å². The predicted octanol–water partition coefficient (Wildman–Crippen LogP) is 2.18. The maximum atomic E-state index is 13.0. The van der Waals surface area contributed by atoms with Crippen LogP contribution in [0.3, 0.4) is 0 Å². The van der Waals surface area contributed by atoms with Crippen LogP contribution in [-0.2, 0) is 13.6 Å². The Balaban J connectivity index is 1.33. The van der Waals surface area contributed by atoms with E-state index in [2.05, 4.69) is 20.0 Å². The molecule has 0 aliphatic carbocycles. The van der Waals surface area contributed by atoms with Crippen molar-refractivity contribution in [2.75, 3.05) is 31.1 Å². The van der Waals surface area contributed by atoms with E-state index >= 15 is 0 Å². The van der Waals surface area contributed by atoms with E-state index in [1.165, 1.54) is 0 Å². The summed E-state index contributed by atoms with van der Waals surface area (Å²) in [6, 6.07) is 13.9. The quantitative estimate of drug-likeness (QED) is 0.702. The molecule has 162 valence electrons. The second-order valence-corrected chi connectivity index (χ2v) is 9.19. The van der Waals surface area contributed by atoms with Crippen LogP contribution in [0.4, 0.5) is 5.82 Å². The monoisotopic (exact) mass is 419 g/mol. The Kier molecular flexibility index (Phi) is 5.24. The standard InChI is InChI=1S/C24H29N5O2/c1-27-21-6-3-2-5-18(21)13-19(23(27)31)15-28-16-20(30)14-24(17-28)8-11-29(12-9-24)22-7-4-10-25-26-22/h2-7,10,13,20,30H,8-9,11-12,14-17H2,1H3. The number of para-hydroxylation sites is 1. The van der Waals surface area contributed by atoms with Gasteiger partial charge in [-0.15, -0.1) is 5.10 Å². The fourth-order valence-corrected chi connectivity index (χ4v) is 5.46. The van der Waals surface area contributed by atoms with Crippen molar-refractivity contribution >= 4 is 16.7 Å². The Morgan fingerprint density at radius 2 is 1.97 bits per heavy atom.